The van der Waals surface area contributed by atoms with E-state index in [1.54, 1.807) is 0 Å². The molecule has 3 rings (SSSR count). The summed E-state index contributed by atoms with van der Waals surface area (Å²) in [6, 6.07) is 20.2. The smallest absolute Gasteiger partial charge is 0.228 e. The molecule has 1 N–H and O–H groups in total. The Balaban J connectivity index is 1.90. The molecule has 1 saturated heterocycles. The van der Waals surface area contributed by atoms with Gasteiger partial charge in [-0.3, -0.25) is 4.79 Å². The number of benzene rings is 2. The van der Waals surface area contributed by atoms with Gasteiger partial charge in [-0.1, -0.05) is 60.7 Å². The van der Waals surface area contributed by atoms with Gasteiger partial charge in [-0.15, -0.1) is 0 Å². The number of hydrogen-bond acceptors (Lipinski definition) is 2. The fourth-order valence-electron chi connectivity index (χ4n) is 2.60. The molecule has 0 saturated carbocycles. The Hall–Kier alpha value is -2.20. The summed E-state index contributed by atoms with van der Waals surface area (Å²) in [6.45, 7) is 0.694. The van der Waals surface area contributed by atoms with Gasteiger partial charge >= 0.3 is 0 Å². The third-order valence-electron chi connectivity index (χ3n) is 3.64. The molecule has 0 bridgehead atoms. The summed E-state index contributed by atoms with van der Waals surface area (Å²) in [5.41, 5.74) is 2.29. The lowest BCUT2D eigenvalue weighted by Gasteiger charge is -2.37. The summed E-state index contributed by atoms with van der Waals surface area (Å²) in [7, 11) is 0. The van der Waals surface area contributed by atoms with E-state index in [0.29, 0.717) is 18.1 Å². The molecule has 0 spiro atoms. The van der Waals surface area contributed by atoms with Crippen LogP contribution in [0.4, 0.5) is 0 Å². The molecular weight excluding hydrogens is 280 g/mol. The number of amides is 1. The van der Waals surface area contributed by atoms with E-state index >= 15 is 0 Å². The first-order valence-electron chi connectivity index (χ1n) is 6.93. The van der Waals surface area contributed by atoms with Crippen LogP contribution >= 0.6 is 12.2 Å². The van der Waals surface area contributed by atoms with Crippen LogP contribution in [0.5, 0.6) is 0 Å². The summed E-state index contributed by atoms with van der Waals surface area (Å²) in [5, 5.41) is 3.27. The highest BCUT2D eigenvalue weighted by Crippen LogP contribution is 2.28. The standard InChI is InChI=1S/C17H16N2OS/c20-16-11-15(14-9-5-2-6-10-14)19(17(21)18-16)12-13-7-3-1-4-8-13/h1-10,15H,11-12H2,(H,18,20,21). The summed E-state index contributed by atoms with van der Waals surface area (Å²) in [4.78, 5) is 13.9. The molecule has 2 aromatic carbocycles. The van der Waals surface area contributed by atoms with Crippen molar-refractivity contribution in [1.29, 1.82) is 0 Å². The number of carbonyl (C=O) groups excluding carboxylic acids is 1. The number of hydrogen-bond donors (Lipinski definition) is 1. The number of nitrogens with one attached hydrogen (secondary N) is 1. The van der Waals surface area contributed by atoms with Gasteiger partial charge in [-0.05, 0) is 23.3 Å². The molecule has 4 heteroatoms. The average molecular weight is 296 g/mol. The van der Waals surface area contributed by atoms with Crippen LogP contribution in [0, 0.1) is 0 Å². The van der Waals surface area contributed by atoms with Crippen LogP contribution in [0.25, 0.3) is 0 Å². The van der Waals surface area contributed by atoms with Crippen molar-refractivity contribution >= 4 is 23.2 Å². The van der Waals surface area contributed by atoms with E-state index in [2.05, 4.69) is 22.3 Å². The second-order valence-corrected chi connectivity index (χ2v) is 5.48. The molecule has 1 amide bonds. The summed E-state index contributed by atoms with van der Waals surface area (Å²) in [6.07, 6.45) is 0.428. The maximum absolute atomic E-state index is 11.8. The predicted octanol–water partition coefficient (Wildman–Crippen LogP) is 3.03. The summed E-state index contributed by atoms with van der Waals surface area (Å²) >= 11 is 5.37. The van der Waals surface area contributed by atoms with E-state index in [9.17, 15) is 4.79 Å². The van der Waals surface area contributed by atoms with Crippen molar-refractivity contribution in [2.75, 3.05) is 0 Å². The lowest BCUT2D eigenvalue weighted by Crippen LogP contribution is -2.50. The zero-order chi connectivity index (χ0) is 14.7. The normalized spacial score (nSPS) is 18.5. The highest BCUT2D eigenvalue weighted by molar-refractivity contribution is 7.80. The Morgan fingerprint density at radius 3 is 2.33 bits per heavy atom. The van der Waals surface area contributed by atoms with Crippen LogP contribution in [0.1, 0.15) is 23.6 Å². The highest BCUT2D eigenvalue weighted by atomic mass is 32.1. The van der Waals surface area contributed by atoms with Gasteiger partial charge in [0.1, 0.15) is 0 Å². The van der Waals surface area contributed by atoms with Crippen LogP contribution in [-0.4, -0.2) is 15.9 Å². The Kier molecular flexibility index (Phi) is 3.97. The second-order valence-electron chi connectivity index (χ2n) is 5.10. The Labute approximate surface area is 129 Å². The Morgan fingerprint density at radius 2 is 1.67 bits per heavy atom. The van der Waals surface area contributed by atoms with Crippen molar-refractivity contribution in [3.8, 4) is 0 Å². The lowest BCUT2D eigenvalue weighted by molar-refractivity contribution is -0.122. The van der Waals surface area contributed by atoms with Gasteiger partial charge in [0.15, 0.2) is 5.11 Å². The number of carbonyl (C=O) groups is 1. The third-order valence-corrected chi connectivity index (χ3v) is 3.98. The molecule has 1 heterocycles. The van der Waals surface area contributed by atoms with Crippen LogP contribution in [0.15, 0.2) is 60.7 Å². The minimum atomic E-state index is -0.0156. The quantitative estimate of drug-likeness (QED) is 0.884. The zero-order valence-corrected chi connectivity index (χ0v) is 12.3. The van der Waals surface area contributed by atoms with E-state index < -0.39 is 0 Å². The lowest BCUT2D eigenvalue weighted by atomic mass is 9.99. The van der Waals surface area contributed by atoms with Gasteiger partial charge in [-0.2, -0.15) is 0 Å². The molecular formula is C17H16N2OS. The first kappa shape index (κ1) is 13.8. The monoisotopic (exact) mass is 296 g/mol. The van der Waals surface area contributed by atoms with Crippen molar-refractivity contribution in [3.05, 3.63) is 71.8 Å². The summed E-state index contributed by atoms with van der Waals surface area (Å²) < 4.78 is 0. The van der Waals surface area contributed by atoms with Crippen LogP contribution in [0.2, 0.25) is 0 Å². The number of nitrogens with zero attached hydrogens (tertiary/aromatic N) is 1. The van der Waals surface area contributed by atoms with Crippen molar-refractivity contribution in [2.24, 2.45) is 0 Å². The predicted molar refractivity (Wildman–Crippen MR) is 86.5 cm³/mol. The van der Waals surface area contributed by atoms with E-state index in [1.807, 2.05) is 48.5 Å². The second kappa shape index (κ2) is 6.06. The van der Waals surface area contributed by atoms with Crippen molar-refractivity contribution in [1.82, 2.24) is 10.2 Å². The third kappa shape index (κ3) is 3.11. The first-order chi connectivity index (χ1) is 10.2. The van der Waals surface area contributed by atoms with E-state index in [0.717, 1.165) is 5.56 Å². The fourth-order valence-corrected chi connectivity index (χ4v) is 2.91. The molecule has 106 valence electrons. The van der Waals surface area contributed by atoms with E-state index in [1.165, 1.54) is 5.56 Å². The molecule has 3 nitrogen and oxygen atoms in total. The average Bonchev–Trinajstić information content (AvgIpc) is 2.51. The van der Waals surface area contributed by atoms with Crippen LogP contribution < -0.4 is 5.32 Å². The van der Waals surface area contributed by atoms with Crippen LogP contribution in [-0.2, 0) is 11.3 Å². The maximum Gasteiger partial charge on any atom is 0.228 e. The fraction of sp³-hybridized carbons (Fsp3) is 0.176. The zero-order valence-electron chi connectivity index (χ0n) is 11.5. The Morgan fingerprint density at radius 1 is 1.05 bits per heavy atom. The SMILES string of the molecule is O=C1CC(c2ccccc2)N(Cc2ccccc2)C(=S)N1. The molecule has 2 aromatic rings. The molecule has 1 atom stereocenters. The largest absolute Gasteiger partial charge is 0.337 e. The molecule has 0 aromatic heterocycles. The van der Waals surface area contributed by atoms with Crippen molar-refractivity contribution in [2.45, 2.75) is 19.0 Å². The van der Waals surface area contributed by atoms with Gasteiger partial charge in [0.05, 0.1) is 12.5 Å². The van der Waals surface area contributed by atoms with E-state index in [-0.39, 0.29) is 11.9 Å². The van der Waals surface area contributed by atoms with Crippen LogP contribution in [0.3, 0.4) is 0 Å². The molecule has 0 aliphatic carbocycles. The summed E-state index contributed by atoms with van der Waals surface area (Å²) in [5.74, 6) is -0.0156. The molecule has 1 aliphatic rings. The van der Waals surface area contributed by atoms with Gasteiger partial charge in [0.25, 0.3) is 0 Å². The van der Waals surface area contributed by atoms with E-state index in [4.69, 9.17) is 12.2 Å². The van der Waals surface area contributed by atoms with Gasteiger partial charge in [-0.25, -0.2) is 0 Å². The van der Waals surface area contributed by atoms with Crippen molar-refractivity contribution < 1.29 is 4.79 Å². The van der Waals surface area contributed by atoms with Crippen molar-refractivity contribution in [3.63, 3.8) is 0 Å². The highest BCUT2D eigenvalue weighted by Gasteiger charge is 2.30. The van der Waals surface area contributed by atoms with Gasteiger partial charge in [0.2, 0.25) is 5.91 Å². The Bertz CT molecular complexity index is 642. The molecule has 1 unspecified atom stereocenters. The minimum Gasteiger partial charge on any atom is -0.337 e. The molecule has 1 fully saturated rings. The first-order valence-corrected chi connectivity index (χ1v) is 7.34. The maximum atomic E-state index is 11.8. The number of thiocarbonyl (C=S) groups is 1. The molecule has 21 heavy (non-hydrogen) atoms. The molecule has 0 radical (unpaired) electrons. The topological polar surface area (TPSA) is 32.3 Å². The van der Waals surface area contributed by atoms with Gasteiger partial charge < -0.3 is 10.2 Å². The number of rotatable bonds is 3. The van der Waals surface area contributed by atoms with Gasteiger partial charge in [0, 0.05) is 6.54 Å². The minimum absolute atomic E-state index is 0.00680. The molecule has 1 aliphatic heterocycles.